The van der Waals surface area contributed by atoms with Crippen molar-refractivity contribution in [1.82, 2.24) is 9.78 Å². The molecule has 0 saturated carbocycles. The van der Waals surface area contributed by atoms with Crippen molar-refractivity contribution < 1.29 is 13.2 Å². The minimum Gasteiger partial charge on any atom is -0.494 e. The first-order valence-electron chi connectivity index (χ1n) is 7.67. The van der Waals surface area contributed by atoms with Crippen LogP contribution < -0.4 is 4.74 Å². The van der Waals surface area contributed by atoms with Gasteiger partial charge in [0.2, 0.25) is 0 Å². The Balaban J connectivity index is 2.07. The lowest BCUT2D eigenvalue weighted by atomic mass is 10.1. The summed E-state index contributed by atoms with van der Waals surface area (Å²) in [6.45, 7) is 2.50. The third kappa shape index (κ3) is 3.70. The van der Waals surface area contributed by atoms with E-state index in [1.807, 2.05) is 37.3 Å². The summed E-state index contributed by atoms with van der Waals surface area (Å²) < 4.78 is 30.6. The zero-order chi connectivity index (χ0) is 18.0. The van der Waals surface area contributed by atoms with E-state index in [0.717, 1.165) is 23.4 Å². The lowest BCUT2D eigenvalue weighted by Crippen LogP contribution is -2.01. The van der Waals surface area contributed by atoms with Gasteiger partial charge in [0, 0.05) is 17.9 Å². The maximum absolute atomic E-state index is 11.7. The number of nitrogens with zero attached hydrogens (tertiary/aromatic N) is 2. The van der Waals surface area contributed by atoms with Gasteiger partial charge in [0.25, 0.3) is 0 Å². The summed E-state index contributed by atoms with van der Waals surface area (Å²) in [5.41, 5.74) is 2.29. The van der Waals surface area contributed by atoms with Gasteiger partial charge in [-0.25, -0.2) is 13.1 Å². The number of sulfone groups is 1. The van der Waals surface area contributed by atoms with Gasteiger partial charge >= 0.3 is 0 Å². The van der Waals surface area contributed by atoms with Crippen LogP contribution in [0, 0.1) is 0 Å². The summed E-state index contributed by atoms with van der Waals surface area (Å²) >= 11 is 6.34. The molecular formula is C18H17ClN2O3S. The Hall–Kier alpha value is -2.31. The van der Waals surface area contributed by atoms with Crippen molar-refractivity contribution in [2.45, 2.75) is 11.8 Å². The lowest BCUT2D eigenvalue weighted by molar-refractivity contribution is 0.340. The summed E-state index contributed by atoms with van der Waals surface area (Å²) in [6, 6.07) is 14.1. The quantitative estimate of drug-likeness (QED) is 0.675. The van der Waals surface area contributed by atoms with Gasteiger partial charge in [-0.05, 0) is 37.3 Å². The molecule has 0 saturated heterocycles. The molecule has 0 radical (unpaired) electrons. The molecule has 0 N–H and O–H groups in total. The highest BCUT2D eigenvalue weighted by Gasteiger charge is 2.15. The average Bonchev–Trinajstić information content (AvgIpc) is 3.04. The number of benzene rings is 2. The van der Waals surface area contributed by atoms with E-state index in [9.17, 15) is 8.42 Å². The highest BCUT2D eigenvalue weighted by Crippen LogP contribution is 2.31. The topological polar surface area (TPSA) is 61.2 Å². The molecule has 0 unspecified atom stereocenters. The Labute approximate surface area is 151 Å². The normalized spacial score (nSPS) is 11.5. The zero-order valence-electron chi connectivity index (χ0n) is 13.8. The van der Waals surface area contributed by atoms with Crippen molar-refractivity contribution in [3.8, 4) is 22.7 Å². The third-order valence-corrected chi connectivity index (χ3v) is 5.08. The van der Waals surface area contributed by atoms with Gasteiger partial charge in [0.1, 0.15) is 5.75 Å². The molecule has 3 rings (SSSR count). The Morgan fingerprint density at radius 3 is 2.64 bits per heavy atom. The first-order valence-corrected chi connectivity index (χ1v) is 9.94. The van der Waals surface area contributed by atoms with E-state index >= 15 is 0 Å². The molecule has 1 aromatic heterocycles. The average molecular weight is 377 g/mol. The predicted molar refractivity (Wildman–Crippen MR) is 98.3 cm³/mol. The summed E-state index contributed by atoms with van der Waals surface area (Å²) in [5, 5.41) is 4.71. The van der Waals surface area contributed by atoms with E-state index in [4.69, 9.17) is 16.3 Å². The maximum atomic E-state index is 11.7. The van der Waals surface area contributed by atoms with Gasteiger partial charge in [-0.1, -0.05) is 23.7 Å². The number of hydrogen-bond donors (Lipinski definition) is 0. The largest absolute Gasteiger partial charge is 0.494 e. The van der Waals surface area contributed by atoms with Gasteiger partial charge in [0.15, 0.2) is 9.84 Å². The van der Waals surface area contributed by atoms with Gasteiger partial charge < -0.3 is 4.74 Å². The summed E-state index contributed by atoms with van der Waals surface area (Å²) in [7, 11) is -3.31. The van der Waals surface area contributed by atoms with Crippen molar-refractivity contribution in [3.63, 3.8) is 0 Å². The van der Waals surface area contributed by atoms with Gasteiger partial charge in [-0.15, -0.1) is 0 Å². The summed E-state index contributed by atoms with van der Waals surface area (Å²) in [6.07, 6.45) is 2.82. The van der Waals surface area contributed by atoms with Gasteiger partial charge in [0.05, 0.1) is 34.1 Å². The van der Waals surface area contributed by atoms with Crippen LogP contribution >= 0.6 is 11.6 Å². The fourth-order valence-corrected chi connectivity index (χ4v) is 3.51. The van der Waals surface area contributed by atoms with Crippen molar-refractivity contribution in [2.75, 3.05) is 12.9 Å². The second kappa shape index (κ2) is 6.90. The van der Waals surface area contributed by atoms with Crippen LogP contribution in [0.1, 0.15) is 6.92 Å². The summed E-state index contributed by atoms with van der Waals surface area (Å²) in [4.78, 5) is 0.186. The molecule has 25 heavy (non-hydrogen) atoms. The monoisotopic (exact) mass is 376 g/mol. The van der Waals surface area contributed by atoms with E-state index in [2.05, 4.69) is 5.10 Å². The Bertz CT molecular complexity index is 1010. The number of halogens is 1. The molecule has 0 aliphatic rings. The van der Waals surface area contributed by atoms with E-state index < -0.39 is 9.84 Å². The second-order valence-corrected chi connectivity index (χ2v) is 7.90. The molecule has 0 bridgehead atoms. The standard InChI is InChI=1S/C18H17ClN2O3S/c1-3-24-14-6-4-5-13(11-14)21-18(9-10-20-21)16-8-7-15(12-17(16)19)25(2,22)23/h4-12H,3H2,1-2H3. The van der Waals surface area contributed by atoms with E-state index in [1.54, 1.807) is 23.0 Å². The van der Waals surface area contributed by atoms with Crippen molar-refractivity contribution in [2.24, 2.45) is 0 Å². The lowest BCUT2D eigenvalue weighted by Gasteiger charge is -2.11. The highest BCUT2D eigenvalue weighted by molar-refractivity contribution is 7.90. The van der Waals surface area contributed by atoms with Gasteiger partial charge in [-0.3, -0.25) is 0 Å². The minimum absolute atomic E-state index is 0.186. The van der Waals surface area contributed by atoms with Crippen molar-refractivity contribution in [3.05, 3.63) is 59.8 Å². The van der Waals surface area contributed by atoms with E-state index in [0.29, 0.717) is 17.2 Å². The molecule has 0 spiro atoms. The fourth-order valence-electron chi connectivity index (χ4n) is 2.52. The SMILES string of the molecule is CCOc1cccc(-n2nccc2-c2ccc(S(C)(=O)=O)cc2Cl)c1. The molecule has 0 atom stereocenters. The Morgan fingerprint density at radius 2 is 1.96 bits per heavy atom. The van der Waals surface area contributed by atoms with Crippen molar-refractivity contribution in [1.29, 1.82) is 0 Å². The smallest absolute Gasteiger partial charge is 0.175 e. The Morgan fingerprint density at radius 1 is 1.16 bits per heavy atom. The maximum Gasteiger partial charge on any atom is 0.175 e. The molecular weight excluding hydrogens is 360 g/mol. The minimum atomic E-state index is -3.31. The molecule has 0 amide bonds. The predicted octanol–water partition coefficient (Wildman–Crippen LogP) is 3.99. The first kappa shape index (κ1) is 17.5. The van der Waals surface area contributed by atoms with Crippen LogP contribution in [0.3, 0.4) is 0 Å². The number of ether oxygens (including phenoxy) is 1. The van der Waals surface area contributed by atoms with Crippen LogP contribution in [0.4, 0.5) is 0 Å². The van der Waals surface area contributed by atoms with Crippen LogP contribution in [-0.2, 0) is 9.84 Å². The molecule has 7 heteroatoms. The molecule has 5 nitrogen and oxygen atoms in total. The highest BCUT2D eigenvalue weighted by atomic mass is 35.5. The zero-order valence-corrected chi connectivity index (χ0v) is 15.4. The van der Waals surface area contributed by atoms with E-state index in [1.165, 1.54) is 6.07 Å². The molecule has 3 aromatic rings. The number of aromatic nitrogens is 2. The summed E-state index contributed by atoms with van der Waals surface area (Å²) in [5.74, 6) is 0.750. The fraction of sp³-hybridized carbons (Fsp3) is 0.167. The van der Waals surface area contributed by atoms with Crippen molar-refractivity contribution >= 4 is 21.4 Å². The Kier molecular flexibility index (Phi) is 4.83. The molecule has 0 fully saturated rings. The third-order valence-electron chi connectivity index (χ3n) is 3.66. The van der Waals surface area contributed by atoms with Crippen LogP contribution in [0.25, 0.3) is 16.9 Å². The van der Waals surface area contributed by atoms with Crippen LogP contribution in [-0.4, -0.2) is 31.1 Å². The second-order valence-electron chi connectivity index (χ2n) is 5.47. The van der Waals surface area contributed by atoms with Crippen LogP contribution in [0.5, 0.6) is 5.75 Å². The molecule has 130 valence electrons. The van der Waals surface area contributed by atoms with Crippen LogP contribution in [0.2, 0.25) is 5.02 Å². The molecule has 1 heterocycles. The molecule has 0 aliphatic heterocycles. The van der Waals surface area contributed by atoms with Gasteiger partial charge in [-0.2, -0.15) is 5.10 Å². The molecule has 0 aliphatic carbocycles. The molecule has 2 aromatic carbocycles. The van der Waals surface area contributed by atoms with E-state index in [-0.39, 0.29) is 4.90 Å². The first-order chi connectivity index (χ1) is 11.9. The number of hydrogen-bond acceptors (Lipinski definition) is 4. The number of rotatable bonds is 5. The van der Waals surface area contributed by atoms with Crippen LogP contribution in [0.15, 0.2) is 59.6 Å².